The zero-order chi connectivity index (χ0) is 30.4. The van der Waals surface area contributed by atoms with Gasteiger partial charge in [0.15, 0.2) is 9.84 Å². The fraction of sp³-hybridized carbons (Fsp3) is 0.452. The molecule has 8 nitrogen and oxygen atoms in total. The van der Waals surface area contributed by atoms with Crippen molar-refractivity contribution in [2.75, 3.05) is 29.5 Å². The number of amides is 1. The molecule has 3 unspecified atom stereocenters. The number of sulfone groups is 1. The summed E-state index contributed by atoms with van der Waals surface area (Å²) in [5.41, 5.74) is 1.54. The second-order valence-corrected chi connectivity index (χ2v) is 14.0. The topological polar surface area (TPSA) is 116 Å². The summed E-state index contributed by atoms with van der Waals surface area (Å²) in [7, 11) is -3.04. The first-order valence-corrected chi connectivity index (χ1v) is 16.2. The number of anilines is 1. The average molecular weight is 613 g/mol. The number of carbonyl (C=O) groups is 1. The molecule has 3 aliphatic rings. The number of rotatable bonds is 7. The number of hydrogen-bond donors (Lipinski definition) is 1. The number of hydrogen-bond acceptors (Lipinski definition) is 7. The summed E-state index contributed by atoms with van der Waals surface area (Å²) in [5, 5.41) is 12.3. The lowest BCUT2D eigenvalue weighted by molar-refractivity contribution is -0.128. The Balaban J connectivity index is 1.37. The molecule has 2 aliphatic carbocycles. The van der Waals surface area contributed by atoms with E-state index in [4.69, 9.17) is 9.40 Å². The van der Waals surface area contributed by atoms with Crippen LogP contribution in [0.15, 0.2) is 52.9 Å². The molecule has 1 aliphatic heterocycles. The van der Waals surface area contributed by atoms with E-state index in [2.05, 4.69) is 11.4 Å². The summed E-state index contributed by atoms with van der Waals surface area (Å²) >= 11 is 0. The third kappa shape index (κ3) is 6.13. The van der Waals surface area contributed by atoms with Crippen molar-refractivity contribution >= 4 is 21.4 Å². The Kier molecular flexibility index (Phi) is 7.71. The summed E-state index contributed by atoms with van der Waals surface area (Å²) in [6, 6.07) is 15.2. The summed E-state index contributed by atoms with van der Waals surface area (Å²) in [6.07, 6.45) is -1.15. The van der Waals surface area contributed by atoms with Gasteiger partial charge < -0.3 is 14.6 Å². The molecule has 2 aromatic carbocycles. The van der Waals surface area contributed by atoms with Gasteiger partial charge >= 0.3 is 0 Å². The second kappa shape index (κ2) is 11.3. The van der Waals surface area contributed by atoms with Crippen LogP contribution >= 0.6 is 0 Å². The minimum atomic E-state index is -3.04. The molecule has 2 saturated carbocycles. The van der Waals surface area contributed by atoms with Crippen molar-refractivity contribution in [3.05, 3.63) is 60.1 Å². The van der Waals surface area contributed by atoms with Gasteiger partial charge in [-0.15, -0.1) is 0 Å². The molecule has 3 aromatic rings. The zero-order valence-electron chi connectivity index (χ0n) is 23.3. The minimum Gasteiger partial charge on any atom is -0.440 e. The molecule has 3 fully saturated rings. The molecule has 1 N–H and O–H groups in total. The van der Waals surface area contributed by atoms with Crippen LogP contribution in [0.3, 0.4) is 0 Å². The fourth-order valence-electron chi connectivity index (χ4n) is 6.06. The number of nitrogens with one attached hydrogen (secondary N) is 1. The van der Waals surface area contributed by atoms with E-state index in [9.17, 15) is 31.6 Å². The van der Waals surface area contributed by atoms with E-state index in [0.29, 0.717) is 48.5 Å². The van der Waals surface area contributed by atoms with Gasteiger partial charge in [0.05, 0.1) is 17.6 Å². The number of halogens is 3. The number of alkyl halides is 2. The van der Waals surface area contributed by atoms with Crippen LogP contribution < -0.4 is 10.2 Å². The fourth-order valence-corrected chi connectivity index (χ4v) is 7.26. The average Bonchev–Trinajstić information content (AvgIpc) is 3.64. The van der Waals surface area contributed by atoms with Gasteiger partial charge in [-0.1, -0.05) is 12.1 Å². The lowest BCUT2D eigenvalue weighted by atomic mass is 9.72. The quantitative estimate of drug-likeness (QED) is 0.384. The Morgan fingerprint density at radius 1 is 1.05 bits per heavy atom. The molecule has 0 bridgehead atoms. The molecule has 2 heterocycles. The molecule has 1 aromatic heterocycles. The summed E-state index contributed by atoms with van der Waals surface area (Å²) in [5.74, 6) is -2.51. The van der Waals surface area contributed by atoms with Crippen molar-refractivity contribution in [1.82, 2.24) is 10.3 Å². The number of nitrogens with zero attached hydrogens (tertiary/aromatic N) is 3. The van der Waals surface area contributed by atoms with Crippen LogP contribution in [0.1, 0.15) is 43.8 Å². The Morgan fingerprint density at radius 3 is 2.30 bits per heavy atom. The summed E-state index contributed by atoms with van der Waals surface area (Å²) in [6.45, 7) is 0.778. The Bertz CT molecular complexity index is 1630. The number of carbonyl (C=O) groups excluding carboxylic acids is 1. The van der Waals surface area contributed by atoms with Gasteiger partial charge in [-0.3, -0.25) is 4.79 Å². The maximum Gasteiger partial charge on any atom is 0.241 e. The normalized spacial score (nSPS) is 24.3. The molecule has 1 amide bonds. The van der Waals surface area contributed by atoms with Gasteiger partial charge in [0, 0.05) is 47.7 Å². The van der Waals surface area contributed by atoms with E-state index in [-0.39, 0.29) is 36.7 Å². The summed E-state index contributed by atoms with van der Waals surface area (Å²) in [4.78, 5) is 20.3. The maximum atomic E-state index is 13.9. The third-order valence-electron chi connectivity index (χ3n) is 8.84. The first-order valence-electron chi connectivity index (χ1n) is 14.4. The lowest BCUT2D eigenvalue weighted by Crippen LogP contribution is -2.44. The smallest absolute Gasteiger partial charge is 0.241 e. The van der Waals surface area contributed by atoms with Crippen LogP contribution in [0, 0.1) is 29.0 Å². The monoisotopic (exact) mass is 612 g/mol. The van der Waals surface area contributed by atoms with Crippen LogP contribution in [0.25, 0.3) is 22.7 Å². The van der Waals surface area contributed by atoms with Crippen molar-refractivity contribution in [1.29, 1.82) is 5.26 Å². The van der Waals surface area contributed by atoms with Crippen LogP contribution in [-0.2, 0) is 14.6 Å². The third-order valence-corrected chi connectivity index (χ3v) is 10.5. The van der Waals surface area contributed by atoms with E-state index in [1.165, 1.54) is 24.3 Å². The van der Waals surface area contributed by atoms with Crippen molar-refractivity contribution in [2.24, 2.45) is 11.8 Å². The lowest BCUT2D eigenvalue weighted by Gasteiger charge is -2.34. The Hall–Kier alpha value is -3.85. The van der Waals surface area contributed by atoms with Crippen LogP contribution in [0.2, 0.25) is 0 Å². The molecule has 12 heteroatoms. The van der Waals surface area contributed by atoms with Crippen molar-refractivity contribution in [2.45, 2.75) is 50.0 Å². The SMILES string of the molecule is N#CC1(NC(=O)C2CC(C(F)F)CCC2c2oc(-c3ccc(F)cc3)nc2-c2ccc(N3CCS(=O)(=O)CC3)cc2)CC1. The van der Waals surface area contributed by atoms with Gasteiger partial charge in [-0.25, -0.2) is 26.6 Å². The minimum absolute atomic E-state index is 0.0570. The van der Waals surface area contributed by atoms with Crippen LogP contribution in [0.5, 0.6) is 0 Å². The number of nitriles is 1. The molecule has 0 radical (unpaired) electrons. The molecule has 43 heavy (non-hydrogen) atoms. The highest BCUT2D eigenvalue weighted by Crippen LogP contribution is 2.47. The molecule has 226 valence electrons. The molecule has 6 rings (SSSR count). The van der Waals surface area contributed by atoms with Crippen LogP contribution in [0.4, 0.5) is 18.9 Å². The van der Waals surface area contributed by atoms with Gasteiger partial charge in [-0.05, 0) is 68.5 Å². The molecular weight excluding hydrogens is 581 g/mol. The van der Waals surface area contributed by atoms with Gasteiger partial charge in [0.2, 0.25) is 18.2 Å². The highest BCUT2D eigenvalue weighted by Gasteiger charge is 2.49. The molecule has 1 saturated heterocycles. The maximum absolute atomic E-state index is 13.9. The number of benzene rings is 2. The first-order chi connectivity index (χ1) is 20.6. The van der Waals surface area contributed by atoms with Crippen LogP contribution in [-0.4, -0.2) is 55.9 Å². The Labute approximate surface area is 247 Å². The van der Waals surface area contributed by atoms with E-state index in [1.54, 1.807) is 0 Å². The molecular formula is C31H31F3N4O4S. The second-order valence-electron chi connectivity index (χ2n) is 11.7. The van der Waals surface area contributed by atoms with Gasteiger partial charge in [0.25, 0.3) is 0 Å². The van der Waals surface area contributed by atoms with E-state index in [1.807, 2.05) is 29.2 Å². The van der Waals surface area contributed by atoms with Crippen molar-refractivity contribution in [3.8, 4) is 28.8 Å². The van der Waals surface area contributed by atoms with Crippen molar-refractivity contribution in [3.63, 3.8) is 0 Å². The zero-order valence-corrected chi connectivity index (χ0v) is 24.1. The number of aromatic nitrogens is 1. The first kappa shape index (κ1) is 29.2. The predicted molar refractivity (Wildman–Crippen MR) is 153 cm³/mol. The highest BCUT2D eigenvalue weighted by molar-refractivity contribution is 7.91. The van der Waals surface area contributed by atoms with Gasteiger partial charge in [0.1, 0.15) is 22.8 Å². The van der Waals surface area contributed by atoms with Crippen molar-refractivity contribution < 1.29 is 30.8 Å². The molecule has 3 atom stereocenters. The van der Waals surface area contributed by atoms with E-state index in [0.717, 1.165) is 5.69 Å². The number of oxazole rings is 1. The predicted octanol–water partition coefficient (Wildman–Crippen LogP) is 5.32. The standard InChI is InChI=1S/C31H31F3N4O4S/c32-22-6-1-20(2-7-22)30-36-26(19-3-8-23(9-4-19)38-13-15-43(40,41)16-14-38)27(42-30)24-10-5-21(28(33)34)17-25(24)29(39)37-31(18-35)11-12-31/h1-4,6-9,21,24-25,28H,5,10-17H2,(H,37,39). The highest BCUT2D eigenvalue weighted by atomic mass is 32.2. The largest absolute Gasteiger partial charge is 0.440 e. The Morgan fingerprint density at radius 2 is 1.70 bits per heavy atom. The van der Waals surface area contributed by atoms with Gasteiger partial charge in [-0.2, -0.15) is 5.26 Å². The van der Waals surface area contributed by atoms with E-state index >= 15 is 0 Å². The summed E-state index contributed by atoms with van der Waals surface area (Å²) < 4.78 is 71.4. The van der Waals surface area contributed by atoms with E-state index < -0.39 is 51.3 Å². The molecule has 0 spiro atoms.